The van der Waals surface area contributed by atoms with Gasteiger partial charge < -0.3 is 4.74 Å². The van der Waals surface area contributed by atoms with Crippen LogP contribution in [0.25, 0.3) is 0 Å². The summed E-state index contributed by atoms with van der Waals surface area (Å²) in [4.78, 5) is 0. The fraction of sp³-hybridized carbons (Fsp3) is 0.467. The van der Waals surface area contributed by atoms with Crippen LogP contribution in [-0.2, 0) is 6.42 Å². The molecule has 1 rings (SSSR count). The van der Waals surface area contributed by atoms with E-state index < -0.39 is 0 Å². The van der Waals surface area contributed by atoms with Crippen molar-refractivity contribution in [2.24, 2.45) is 0 Å². The Bertz CT molecular complexity index is 304. The number of ether oxygens (including phenoxy) is 1. The van der Waals surface area contributed by atoms with Crippen LogP contribution in [-0.4, -0.2) is 6.61 Å². The summed E-state index contributed by atoms with van der Waals surface area (Å²) in [7, 11) is 0. The van der Waals surface area contributed by atoms with Crippen LogP contribution in [0.1, 0.15) is 38.2 Å². The number of hydrogen-bond acceptors (Lipinski definition) is 1. The third-order valence-electron chi connectivity index (χ3n) is 2.58. The van der Waals surface area contributed by atoms with Gasteiger partial charge in [-0.3, -0.25) is 0 Å². The van der Waals surface area contributed by atoms with E-state index in [0.717, 1.165) is 38.0 Å². The van der Waals surface area contributed by atoms with Gasteiger partial charge in [0.2, 0.25) is 0 Å². The molecule has 0 saturated heterocycles. The van der Waals surface area contributed by atoms with Gasteiger partial charge in [0.25, 0.3) is 0 Å². The average molecular weight is 218 g/mol. The first-order valence-corrected chi connectivity index (χ1v) is 6.20. The van der Waals surface area contributed by atoms with Crippen molar-refractivity contribution >= 4 is 0 Å². The molecule has 0 spiro atoms. The van der Waals surface area contributed by atoms with Crippen molar-refractivity contribution in [3.05, 3.63) is 42.5 Å². The Labute approximate surface area is 99.1 Å². The predicted octanol–water partition coefficient (Wildman–Crippen LogP) is 4.37. The van der Waals surface area contributed by atoms with E-state index in [-0.39, 0.29) is 0 Å². The summed E-state index contributed by atoms with van der Waals surface area (Å²) in [5.41, 5.74) is 1.32. The molecule has 16 heavy (non-hydrogen) atoms. The number of unbranched alkanes of at least 4 members (excludes halogenated alkanes) is 2. The Balaban J connectivity index is 2.49. The van der Waals surface area contributed by atoms with Gasteiger partial charge in [-0.2, -0.15) is 0 Å². The van der Waals surface area contributed by atoms with Crippen molar-refractivity contribution in [2.75, 3.05) is 6.61 Å². The first-order valence-electron chi connectivity index (χ1n) is 6.20. The van der Waals surface area contributed by atoms with Crippen LogP contribution in [0.3, 0.4) is 0 Å². The van der Waals surface area contributed by atoms with Gasteiger partial charge in [0.15, 0.2) is 0 Å². The second-order valence-corrected chi connectivity index (χ2v) is 3.99. The quantitative estimate of drug-likeness (QED) is 0.465. The first-order chi connectivity index (χ1) is 7.88. The molecule has 0 saturated carbocycles. The number of para-hydroxylation sites is 1. The highest BCUT2D eigenvalue weighted by Gasteiger charge is 2.01. The highest BCUT2D eigenvalue weighted by atomic mass is 16.5. The zero-order valence-corrected chi connectivity index (χ0v) is 10.2. The second kappa shape index (κ2) is 7.98. The third kappa shape index (κ3) is 4.52. The van der Waals surface area contributed by atoms with Gasteiger partial charge >= 0.3 is 0 Å². The molecule has 1 aromatic carbocycles. The summed E-state index contributed by atoms with van der Waals surface area (Å²) >= 11 is 0. The first kappa shape index (κ1) is 12.8. The van der Waals surface area contributed by atoms with Crippen molar-refractivity contribution in [2.45, 2.75) is 39.0 Å². The minimum atomic E-state index is 0.828. The maximum atomic E-state index is 5.78. The Morgan fingerprint density at radius 3 is 2.81 bits per heavy atom. The van der Waals surface area contributed by atoms with Crippen LogP contribution in [0.5, 0.6) is 5.75 Å². The monoisotopic (exact) mass is 218 g/mol. The van der Waals surface area contributed by atoms with E-state index >= 15 is 0 Å². The van der Waals surface area contributed by atoms with Crippen LogP contribution < -0.4 is 4.74 Å². The lowest BCUT2D eigenvalue weighted by Gasteiger charge is -2.10. The fourth-order valence-electron chi connectivity index (χ4n) is 1.61. The van der Waals surface area contributed by atoms with Gasteiger partial charge in [0.05, 0.1) is 6.61 Å². The minimum absolute atomic E-state index is 0.828. The van der Waals surface area contributed by atoms with E-state index in [0.29, 0.717) is 0 Å². The largest absolute Gasteiger partial charge is 0.493 e. The molecule has 0 N–H and O–H groups in total. The maximum Gasteiger partial charge on any atom is 0.122 e. The van der Waals surface area contributed by atoms with Crippen LogP contribution in [0.15, 0.2) is 36.9 Å². The molecule has 1 heteroatoms. The summed E-state index contributed by atoms with van der Waals surface area (Å²) in [6, 6.07) is 8.34. The minimum Gasteiger partial charge on any atom is -0.493 e. The summed E-state index contributed by atoms with van der Waals surface area (Å²) < 4.78 is 5.78. The summed E-state index contributed by atoms with van der Waals surface area (Å²) in [5.74, 6) is 1.06. The van der Waals surface area contributed by atoms with Crippen LogP contribution in [0, 0.1) is 0 Å². The van der Waals surface area contributed by atoms with E-state index in [1.807, 2.05) is 12.1 Å². The number of aryl methyl sites for hydroxylation is 1. The fourth-order valence-corrected chi connectivity index (χ4v) is 1.61. The molecule has 0 unspecified atom stereocenters. The van der Waals surface area contributed by atoms with Gasteiger partial charge in [0.1, 0.15) is 5.75 Å². The molecule has 1 nitrogen and oxygen atoms in total. The van der Waals surface area contributed by atoms with E-state index in [1.165, 1.54) is 12.0 Å². The molecule has 0 fully saturated rings. The lowest BCUT2D eigenvalue weighted by atomic mass is 10.1. The SMILES string of the molecule is C=CCCCc1ccccc1OCCCC. The van der Waals surface area contributed by atoms with Gasteiger partial charge in [-0.1, -0.05) is 37.6 Å². The molecule has 0 amide bonds. The molecular weight excluding hydrogens is 196 g/mol. The summed E-state index contributed by atoms with van der Waals surface area (Å²) in [6.45, 7) is 6.75. The zero-order chi connectivity index (χ0) is 11.6. The molecule has 88 valence electrons. The highest BCUT2D eigenvalue weighted by molar-refractivity contribution is 5.33. The lowest BCUT2D eigenvalue weighted by Crippen LogP contribution is -1.99. The number of rotatable bonds is 8. The van der Waals surface area contributed by atoms with Crippen LogP contribution in [0.4, 0.5) is 0 Å². The normalized spacial score (nSPS) is 10.1. The van der Waals surface area contributed by atoms with Crippen molar-refractivity contribution in [3.63, 3.8) is 0 Å². The summed E-state index contributed by atoms with van der Waals surface area (Å²) in [6.07, 6.45) is 7.58. The topological polar surface area (TPSA) is 9.23 Å². The standard InChI is InChI=1S/C15H22O/c1-3-5-7-10-14-11-8-9-12-15(14)16-13-6-4-2/h3,8-9,11-12H,1,4-7,10,13H2,2H3. The molecule has 0 radical (unpaired) electrons. The van der Waals surface area contributed by atoms with Crippen LogP contribution >= 0.6 is 0 Å². The smallest absolute Gasteiger partial charge is 0.122 e. The second-order valence-electron chi connectivity index (χ2n) is 3.99. The van der Waals surface area contributed by atoms with Gasteiger partial charge in [-0.05, 0) is 37.3 Å². The van der Waals surface area contributed by atoms with Crippen molar-refractivity contribution in [1.29, 1.82) is 0 Å². The van der Waals surface area contributed by atoms with Crippen molar-refractivity contribution < 1.29 is 4.74 Å². The Morgan fingerprint density at radius 2 is 2.06 bits per heavy atom. The van der Waals surface area contributed by atoms with Gasteiger partial charge in [-0.15, -0.1) is 6.58 Å². The Hall–Kier alpha value is -1.24. The van der Waals surface area contributed by atoms with Crippen molar-refractivity contribution in [1.82, 2.24) is 0 Å². The lowest BCUT2D eigenvalue weighted by molar-refractivity contribution is 0.306. The zero-order valence-electron chi connectivity index (χ0n) is 10.2. The Kier molecular flexibility index (Phi) is 6.39. The van der Waals surface area contributed by atoms with E-state index in [2.05, 4.69) is 31.7 Å². The molecule has 0 aliphatic carbocycles. The van der Waals surface area contributed by atoms with Crippen LogP contribution in [0.2, 0.25) is 0 Å². The molecule has 0 bridgehead atoms. The van der Waals surface area contributed by atoms with Crippen molar-refractivity contribution in [3.8, 4) is 5.75 Å². The molecular formula is C15H22O. The van der Waals surface area contributed by atoms with E-state index in [1.54, 1.807) is 0 Å². The molecule has 0 aliphatic heterocycles. The predicted molar refractivity (Wildman–Crippen MR) is 70.0 cm³/mol. The molecule has 0 atom stereocenters. The Morgan fingerprint density at radius 1 is 1.25 bits per heavy atom. The van der Waals surface area contributed by atoms with E-state index in [9.17, 15) is 0 Å². The molecule has 0 heterocycles. The average Bonchev–Trinajstić information content (AvgIpc) is 2.32. The molecule has 0 aliphatic rings. The maximum absolute atomic E-state index is 5.78. The van der Waals surface area contributed by atoms with E-state index in [4.69, 9.17) is 4.74 Å². The highest BCUT2D eigenvalue weighted by Crippen LogP contribution is 2.20. The van der Waals surface area contributed by atoms with Gasteiger partial charge in [0, 0.05) is 0 Å². The molecule has 1 aromatic rings. The van der Waals surface area contributed by atoms with Gasteiger partial charge in [-0.25, -0.2) is 0 Å². The number of hydrogen-bond donors (Lipinski definition) is 0. The number of allylic oxidation sites excluding steroid dienone is 1. The molecule has 0 aromatic heterocycles. The number of benzene rings is 1. The summed E-state index contributed by atoms with van der Waals surface area (Å²) in [5, 5.41) is 0. The third-order valence-corrected chi connectivity index (χ3v) is 2.58.